The van der Waals surface area contributed by atoms with Gasteiger partial charge < -0.3 is 10.5 Å². The lowest BCUT2D eigenvalue weighted by molar-refractivity contribution is 0.413. The Balaban J connectivity index is 2.26. The van der Waals surface area contributed by atoms with Gasteiger partial charge in [-0.3, -0.25) is 0 Å². The van der Waals surface area contributed by atoms with Gasteiger partial charge in [-0.2, -0.15) is 0 Å². The fraction of sp³-hybridized carbons (Fsp3) is 0.538. The van der Waals surface area contributed by atoms with Crippen LogP contribution in [-0.4, -0.2) is 28.1 Å². The van der Waals surface area contributed by atoms with Crippen LogP contribution in [0.1, 0.15) is 19.3 Å². The van der Waals surface area contributed by atoms with E-state index in [2.05, 4.69) is 20.7 Å². The summed E-state index contributed by atoms with van der Waals surface area (Å²) in [4.78, 5) is 0.194. The summed E-state index contributed by atoms with van der Waals surface area (Å²) in [5.41, 5.74) is 5.69. The number of hydrogen-bond acceptors (Lipinski definition) is 4. The number of hydrogen-bond donors (Lipinski definition) is 2. The smallest absolute Gasteiger partial charge is 0.242 e. The number of halogens is 1. The van der Waals surface area contributed by atoms with E-state index in [9.17, 15) is 8.42 Å². The van der Waals surface area contributed by atoms with E-state index in [0.717, 1.165) is 19.3 Å². The van der Waals surface area contributed by atoms with E-state index in [-0.39, 0.29) is 16.9 Å². The van der Waals surface area contributed by atoms with Gasteiger partial charge in [0.25, 0.3) is 0 Å². The molecular formula is C13H19BrN2O3S. The molecule has 0 saturated heterocycles. The Bertz CT molecular complexity index is 577. The van der Waals surface area contributed by atoms with E-state index in [4.69, 9.17) is 10.5 Å². The molecule has 1 aromatic rings. The highest BCUT2D eigenvalue weighted by Gasteiger charge is 2.31. The van der Waals surface area contributed by atoms with Crippen molar-refractivity contribution in [3.63, 3.8) is 0 Å². The number of nitrogens with one attached hydrogen (secondary N) is 1. The van der Waals surface area contributed by atoms with Crippen LogP contribution in [0.15, 0.2) is 27.6 Å². The normalized spacial score (nSPS) is 22.9. The second kappa shape index (κ2) is 6.43. The van der Waals surface area contributed by atoms with Gasteiger partial charge in [-0.25, -0.2) is 13.1 Å². The van der Waals surface area contributed by atoms with Crippen LogP contribution in [0.5, 0.6) is 5.75 Å². The molecule has 0 aromatic heterocycles. The van der Waals surface area contributed by atoms with Crippen molar-refractivity contribution in [1.82, 2.24) is 4.72 Å². The van der Waals surface area contributed by atoms with E-state index in [1.165, 1.54) is 13.2 Å². The van der Waals surface area contributed by atoms with Crippen LogP contribution in [0.3, 0.4) is 0 Å². The second-order valence-electron chi connectivity index (χ2n) is 4.95. The molecule has 1 aliphatic carbocycles. The summed E-state index contributed by atoms with van der Waals surface area (Å²) < 4.78 is 33.4. The molecule has 0 bridgehead atoms. The summed E-state index contributed by atoms with van der Waals surface area (Å²) in [5.74, 6) is 0.726. The minimum Gasteiger partial charge on any atom is -0.497 e. The highest BCUT2D eigenvalue weighted by molar-refractivity contribution is 9.10. The molecule has 112 valence electrons. The molecule has 7 heteroatoms. The van der Waals surface area contributed by atoms with Crippen molar-refractivity contribution in [2.45, 2.75) is 30.2 Å². The predicted octanol–water partition coefficient (Wildman–Crippen LogP) is 1.86. The maximum atomic E-state index is 12.5. The van der Waals surface area contributed by atoms with Crippen molar-refractivity contribution in [3.8, 4) is 5.75 Å². The van der Waals surface area contributed by atoms with Crippen molar-refractivity contribution < 1.29 is 13.2 Å². The van der Waals surface area contributed by atoms with Crippen molar-refractivity contribution in [3.05, 3.63) is 22.7 Å². The lowest BCUT2D eigenvalue weighted by Crippen LogP contribution is -2.39. The second-order valence-corrected chi connectivity index (χ2v) is 7.49. The molecule has 20 heavy (non-hydrogen) atoms. The first-order valence-electron chi connectivity index (χ1n) is 6.54. The third-order valence-electron chi connectivity index (χ3n) is 3.70. The predicted molar refractivity (Wildman–Crippen MR) is 81.2 cm³/mol. The number of rotatable bonds is 5. The van der Waals surface area contributed by atoms with Crippen LogP contribution in [0.2, 0.25) is 0 Å². The van der Waals surface area contributed by atoms with E-state index in [1.807, 2.05) is 0 Å². The lowest BCUT2D eigenvalue weighted by Gasteiger charge is -2.20. The molecule has 0 unspecified atom stereocenters. The molecule has 0 amide bonds. The molecule has 0 spiro atoms. The van der Waals surface area contributed by atoms with Gasteiger partial charge in [-0.1, -0.05) is 6.42 Å². The lowest BCUT2D eigenvalue weighted by atomic mass is 10.1. The average molecular weight is 363 g/mol. The van der Waals surface area contributed by atoms with Crippen LogP contribution in [0.25, 0.3) is 0 Å². The minimum absolute atomic E-state index is 0.0805. The van der Waals surface area contributed by atoms with Gasteiger partial charge in [0, 0.05) is 16.6 Å². The van der Waals surface area contributed by atoms with Crippen LogP contribution < -0.4 is 15.2 Å². The molecule has 0 heterocycles. The van der Waals surface area contributed by atoms with Gasteiger partial charge >= 0.3 is 0 Å². The van der Waals surface area contributed by atoms with Gasteiger partial charge in [-0.15, -0.1) is 0 Å². The molecule has 0 aliphatic heterocycles. The van der Waals surface area contributed by atoms with Crippen LogP contribution >= 0.6 is 15.9 Å². The number of ether oxygens (including phenoxy) is 1. The average Bonchev–Trinajstić information content (AvgIpc) is 2.85. The fourth-order valence-electron chi connectivity index (χ4n) is 2.55. The van der Waals surface area contributed by atoms with Crippen LogP contribution in [0.4, 0.5) is 0 Å². The zero-order valence-corrected chi connectivity index (χ0v) is 13.7. The largest absolute Gasteiger partial charge is 0.497 e. The molecule has 1 fully saturated rings. The highest BCUT2D eigenvalue weighted by Crippen LogP contribution is 2.30. The summed E-state index contributed by atoms with van der Waals surface area (Å²) >= 11 is 3.28. The molecule has 2 atom stereocenters. The first-order chi connectivity index (χ1) is 9.47. The number of benzene rings is 1. The summed E-state index contributed by atoms with van der Waals surface area (Å²) in [5, 5.41) is 0. The zero-order valence-electron chi connectivity index (χ0n) is 11.3. The molecular weight excluding hydrogens is 344 g/mol. The summed E-state index contributed by atoms with van der Waals surface area (Å²) in [6, 6.07) is 4.81. The Kier molecular flexibility index (Phi) is 5.06. The molecule has 1 aliphatic rings. The van der Waals surface area contributed by atoms with Gasteiger partial charge in [0.2, 0.25) is 10.0 Å². The van der Waals surface area contributed by atoms with E-state index < -0.39 is 10.0 Å². The van der Waals surface area contributed by atoms with Crippen molar-refractivity contribution in [2.24, 2.45) is 11.7 Å². The van der Waals surface area contributed by atoms with Gasteiger partial charge in [-0.05, 0) is 53.4 Å². The Morgan fingerprint density at radius 1 is 1.45 bits per heavy atom. The van der Waals surface area contributed by atoms with Gasteiger partial charge in [0.15, 0.2) is 0 Å². The summed E-state index contributed by atoms with van der Waals surface area (Å²) in [7, 11) is -2.07. The van der Waals surface area contributed by atoms with E-state index in [0.29, 0.717) is 16.8 Å². The van der Waals surface area contributed by atoms with Crippen molar-refractivity contribution in [1.29, 1.82) is 0 Å². The number of sulfonamides is 1. The topological polar surface area (TPSA) is 81.4 Å². The molecule has 5 nitrogen and oxygen atoms in total. The SMILES string of the molecule is COc1ccc(Br)c(S(=O)(=O)N[C@@H]2CCC[C@@H]2CN)c1. The molecule has 0 radical (unpaired) electrons. The van der Waals surface area contributed by atoms with Crippen LogP contribution in [0, 0.1) is 5.92 Å². The van der Waals surface area contributed by atoms with Gasteiger partial charge in [0.1, 0.15) is 5.75 Å². The zero-order chi connectivity index (χ0) is 14.8. The monoisotopic (exact) mass is 362 g/mol. The Labute approximate surface area is 128 Å². The van der Waals surface area contributed by atoms with Crippen molar-refractivity contribution >= 4 is 26.0 Å². The number of methoxy groups -OCH3 is 1. The maximum Gasteiger partial charge on any atom is 0.242 e. The van der Waals surface area contributed by atoms with E-state index in [1.54, 1.807) is 12.1 Å². The first-order valence-corrected chi connectivity index (χ1v) is 8.81. The van der Waals surface area contributed by atoms with E-state index >= 15 is 0 Å². The standard InChI is InChI=1S/C13H19BrN2O3S/c1-19-10-5-6-11(14)13(7-10)20(17,18)16-12-4-2-3-9(12)8-15/h5-7,9,12,16H,2-4,8,15H2,1H3/t9-,12-/m1/s1. The highest BCUT2D eigenvalue weighted by atomic mass is 79.9. The third-order valence-corrected chi connectivity index (χ3v) is 6.18. The van der Waals surface area contributed by atoms with Gasteiger partial charge in [0.05, 0.1) is 12.0 Å². The minimum atomic E-state index is -3.58. The molecule has 3 N–H and O–H groups in total. The third kappa shape index (κ3) is 3.33. The fourth-order valence-corrected chi connectivity index (χ4v) is 4.87. The Morgan fingerprint density at radius 2 is 2.20 bits per heavy atom. The quantitative estimate of drug-likeness (QED) is 0.837. The Hall–Kier alpha value is -0.630. The summed E-state index contributed by atoms with van der Waals surface area (Å²) in [6.45, 7) is 0.506. The van der Waals surface area contributed by atoms with Crippen molar-refractivity contribution in [2.75, 3.05) is 13.7 Å². The molecule has 1 saturated carbocycles. The summed E-state index contributed by atoms with van der Waals surface area (Å²) in [6.07, 6.45) is 2.82. The van der Waals surface area contributed by atoms with Crippen LogP contribution in [-0.2, 0) is 10.0 Å². The maximum absolute atomic E-state index is 12.5. The number of nitrogens with two attached hydrogens (primary N) is 1. The first kappa shape index (κ1) is 15.8. The Morgan fingerprint density at radius 3 is 2.85 bits per heavy atom. The molecule has 2 rings (SSSR count). The molecule has 1 aromatic carbocycles.